The molecule has 1 amide bonds. The van der Waals surface area contributed by atoms with Gasteiger partial charge in [-0.3, -0.25) is 14.5 Å². The maximum absolute atomic E-state index is 14.3. The second-order valence-electron chi connectivity index (χ2n) is 8.36. The van der Waals surface area contributed by atoms with Crippen LogP contribution < -0.4 is 4.90 Å². The Labute approximate surface area is 211 Å². The number of ketones is 1. The lowest BCUT2D eigenvalue weighted by Crippen LogP contribution is -2.29. The molecule has 0 aliphatic carbocycles. The van der Waals surface area contributed by atoms with E-state index in [1.165, 1.54) is 17.0 Å². The molecule has 1 atom stereocenters. The Morgan fingerprint density at radius 3 is 2.44 bits per heavy atom. The van der Waals surface area contributed by atoms with Crippen molar-refractivity contribution in [3.63, 3.8) is 0 Å². The summed E-state index contributed by atoms with van der Waals surface area (Å²) in [4.78, 5) is 44.7. The van der Waals surface area contributed by atoms with E-state index in [1.807, 2.05) is 19.1 Å². The maximum atomic E-state index is 14.3. The summed E-state index contributed by atoms with van der Waals surface area (Å²) in [5.74, 6) is -3.44. The number of thiazole rings is 1. The van der Waals surface area contributed by atoms with Crippen molar-refractivity contribution >= 4 is 39.9 Å². The number of ether oxygens (including phenoxy) is 1. The van der Waals surface area contributed by atoms with Gasteiger partial charge in [-0.2, -0.15) is 0 Å². The Hall–Kier alpha value is -3.85. The van der Waals surface area contributed by atoms with Gasteiger partial charge in [-0.25, -0.2) is 14.2 Å². The zero-order chi connectivity index (χ0) is 26.1. The van der Waals surface area contributed by atoms with Crippen LogP contribution in [0.3, 0.4) is 0 Å². The molecule has 1 N–H and O–H groups in total. The molecule has 1 aliphatic rings. The predicted octanol–water partition coefficient (Wildman–Crippen LogP) is 5.26. The van der Waals surface area contributed by atoms with Crippen molar-refractivity contribution in [3.8, 4) is 0 Å². The quantitative estimate of drug-likeness (QED) is 0.211. The van der Waals surface area contributed by atoms with Crippen LogP contribution in [0.2, 0.25) is 0 Å². The van der Waals surface area contributed by atoms with Crippen molar-refractivity contribution in [3.05, 3.63) is 86.7 Å². The van der Waals surface area contributed by atoms with Gasteiger partial charge >= 0.3 is 11.9 Å². The SMILES string of the molecule is CCOC(=O)c1sc(N2C(=O)C(=O)C(=C(O)c3ccc(C)c(F)c3)[C@@H]2c2ccc(CC)cc2)nc1C. The molecule has 0 unspecified atom stereocenters. The second-order valence-corrected chi connectivity index (χ2v) is 9.34. The third kappa shape index (κ3) is 4.42. The number of aryl methyl sites for hydroxylation is 3. The number of benzene rings is 2. The standard InChI is InChI=1S/C27H25FN2O5S/c1-5-16-8-11-17(12-9-16)21-20(22(31)18-10-7-14(3)19(28)13-18)23(32)25(33)30(21)27-29-15(4)24(36-27)26(34)35-6-2/h7-13,21,31H,5-6H2,1-4H3/t21-/m0/s1. The number of hydrogen-bond acceptors (Lipinski definition) is 7. The number of carbonyl (C=O) groups is 3. The van der Waals surface area contributed by atoms with E-state index in [0.29, 0.717) is 16.8 Å². The molecule has 3 aromatic rings. The zero-order valence-corrected chi connectivity index (χ0v) is 21.1. The average Bonchev–Trinajstić information content (AvgIpc) is 3.37. The van der Waals surface area contributed by atoms with Gasteiger partial charge in [0, 0.05) is 5.56 Å². The summed E-state index contributed by atoms with van der Waals surface area (Å²) >= 11 is 0.934. The number of aliphatic hydroxyl groups is 1. The molecule has 7 nitrogen and oxygen atoms in total. The van der Waals surface area contributed by atoms with Crippen LogP contribution in [0, 0.1) is 19.7 Å². The van der Waals surface area contributed by atoms with Crippen molar-refractivity contribution < 1.29 is 28.6 Å². The van der Waals surface area contributed by atoms with E-state index in [9.17, 15) is 23.9 Å². The molecule has 4 rings (SSSR count). The lowest BCUT2D eigenvalue weighted by Gasteiger charge is -2.23. The van der Waals surface area contributed by atoms with Gasteiger partial charge in [0.2, 0.25) is 0 Å². The van der Waals surface area contributed by atoms with Gasteiger partial charge in [0.1, 0.15) is 16.5 Å². The molecule has 2 aromatic carbocycles. The topological polar surface area (TPSA) is 96.8 Å². The van der Waals surface area contributed by atoms with E-state index in [1.54, 1.807) is 32.9 Å². The van der Waals surface area contributed by atoms with Crippen LogP contribution in [0.25, 0.3) is 5.76 Å². The smallest absolute Gasteiger partial charge is 0.350 e. The van der Waals surface area contributed by atoms with Crippen LogP contribution in [-0.4, -0.2) is 34.4 Å². The monoisotopic (exact) mass is 508 g/mol. The summed E-state index contributed by atoms with van der Waals surface area (Å²) < 4.78 is 19.4. The van der Waals surface area contributed by atoms with Gasteiger partial charge in [0.25, 0.3) is 5.78 Å². The van der Waals surface area contributed by atoms with Crippen molar-refractivity contribution in [2.45, 2.75) is 40.2 Å². The average molecular weight is 509 g/mol. The lowest BCUT2D eigenvalue weighted by atomic mass is 9.94. The molecule has 0 saturated carbocycles. The Balaban J connectivity index is 1.91. The van der Waals surface area contributed by atoms with Crippen molar-refractivity contribution in [1.29, 1.82) is 0 Å². The summed E-state index contributed by atoms with van der Waals surface area (Å²) in [5.41, 5.74) is 2.24. The number of carbonyl (C=O) groups excluding carboxylic acids is 3. The summed E-state index contributed by atoms with van der Waals surface area (Å²) in [7, 11) is 0. The van der Waals surface area contributed by atoms with Gasteiger partial charge in [-0.15, -0.1) is 0 Å². The number of aliphatic hydroxyl groups excluding tert-OH is 1. The van der Waals surface area contributed by atoms with Crippen LogP contribution in [0.15, 0.2) is 48.0 Å². The number of amides is 1. The number of Topliss-reactive ketones (excluding diaryl/α,β-unsaturated/α-hetero) is 1. The van der Waals surface area contributed by atoms with E-state index >= 15 is 0 Å². The number of aromatic nitrogens is 1. The summed E-state index contributed by atoms with van der Waals surface area (Å²) in [6.07, 6.45) is 0.789. The maximum Gasteiger partial charge on any atom is 0.350 e. The molecule has 9 heteroatoms. The van der Waals surface area contributed by atoms with E-state index in [0.717, 1.165) is 29.4 Å². The van der Waals surface area contributed by atoms with Crippen LogP contribution in [-0.2, 0) is 20.7 Å². The van der Waals surface area contributed by atoms with Gasteiger partial charge < -0.3 is 9.84 Å². The normalized spacial score (nSPS) is 17.0. The Kier molecular flexibility index (Phi) is 7.03. The minimum atomic E-state index is -1.03. The molecular formula is C27H25FN2O5S. The van der Waals surface area contributed by atoms with Crippen LogP contribution in [0.5, 0.6) is 0 Å². The highest BCUT2D eigenvalue weighted by Gasteiger charge is 2.48. The second kappa shape index (κ2) is 10.0. The van der Waals surface area contributed by atoms with Crippen LogP contribution in [0.4, 0.5) is 9.52 Å². The molecule has 0 radical (unpaired) electrons. The minimum absolute atomic E-state index is 0.0776. The van der Waals surface area contributed by atoms with Crippen molar-refractivity contribution in [2.24, 2.45) is 0 Å². The van der Waals surface area contributed by atoms with Gasteiger partial charge in [-0.1, -0.05) is 54.7 Å². The minimum Gasteiger partial charge on any atom is -0.507 e. The fraction of sp³-hybridized carbons (Fsp3) is 0.259. The third-order valence-electron chi connectivity index (χ3n) is 6.05. The number of anilines is 1. The van der Waals surface area contributed by atoms with E-state index in [4.69, 9.17) is 4.74 Å². The largest absolute Gasteiger partial charge is 0.507 e. The lowest BCUT2D eigenvalue weighted by molar-refractivity contribution is -0.132. The number of esters is 1. The number of hydrogen-bond donors (Lipinski definition) is 1. The van der Waals surface area contributed by atoms with E-state index in [2.05, 4.69) is 4.98 Å². The highest BCUT2D eigenvalue weighted by atomic mass is 32.1. The highest BCUT2D eigenvalue weighted by Crippen LogP contribution is 2.44. The first-order chi connectivity index (χ1) is 17.2. The Morgan fingerprint density at radius 2 is 1.83 bits per heavy atom. The van der Waals surface area contributed by atoms with Gasteiger partial charge in [0.05, 0.1) is 23.9 Å². The first-order valence-electron chi connectivity index (χ1n) is 11.5. The van der Waals surface area contributed by atoms with Gasteiger partial charge in [-0.05, 0) is 49.9 Å². The first-order valence-corrected chi connectivity index (χ1v) is 12.3. The van der Waals surface area contributed by atoms with Crippen molar-refractivity contribution in [1.82, 2.24) is 4.98 Å². The van der Waals surface area contributed by atoms with E-state index in [-0.39, 0.29) is 27.8 Å². The fourth-order valence-corrected chi connectivity index (χ4v) is 5.04. The molecule has 36 heavy (non-hydrogen) atoms. The first kappa shape index (κ1) is 25.2. The summed E-state index contributed by atoms with van der Waals surface area (Å²) in [5, 5.41) is 11.3. The summed E-state index contributed by atoms with van der Waals surface area (Å²) in [6, 6.07) is 10.4. The fourth-order valence-electron chi connectivity index (χ4n) is 4.05. The number of halogens is 1. The molecule has 1 aliphatic heterocycles. The molecular weight excluding hydrogens is 483 g/mol. The molecule has 1 saturated heterocycles. The molecule has 1 fully saturated rings. The van der Waals surface area contributed by atoms with Crippen molar-refractivity contribution in [2.75, 3.05) is 11.5 Å². The number of nitrogens with zero attached hydrogens (tertiary/aromatic N) is 2. The summed E-state index contributed by atoms with van der Waals surface area (Å²) in [6.45, 7) is 7.05. The molecule has 186 valence electrons. The zero-order valence-electron chi connectivity index (χ0n) is 20.3. The third-order valence-corrected chi connectivity index (χ3v) is 7.18. The highest BCUT2D eigenvalue weighted by molar-refractivity contribution is 7.17. The predicted molar refractivity (Wildman–Crippen MR) is 135 cm³/mol. The van der Waals surface area contributed by atoms with Gasteiger partial charge in [0.15, 0.2) is 5.13 Å². The number of rotatable bonds is 6. The molecule has 0 spiro atoms. The molecule has 1 aromatic heterocycles. The molecule has 0 bridgehead atoms. The van der Waals surface area contributed by atoms with E-state index < -0.39 is 35.3 Å². The molecule has 2 heterocycles. The Morgan fingerprint density at radius 1 is 1.14 bits per heavy atom. The van der Waals surface area contributed by atoms with Crippen LogP contribution >= 0.6 is 11.3 Å². The van der Waals surface area contributed by atoms with Crippen LogP contribution in [0.1, 0.15) is 57.5 Å². The Bertz CT molecular complexity index is 1390.